The van der Waals surface area contributed by atoms with Crippen LogP contribution in [-0.4, -0.2) is 112 Å². The number of piperidine rings is 1. The lowest BCUT2D eigenvalue weighted by atomic mass is 9.72. The van der Waals surface area contributed by atoms with Crippen molar-refractivity contribution >= 4 is 63.9 Å². The third-order valence-electron chi connectivity index (χ3n) is 12.6. The first-order valence-electron chi connectivity index (χ1n) is 20.4. The number of likely N-dealkylation sites (tertiary alicyclic amines) is 2. The van der Waals surface area contributed by atoms with Gasteiger partial charge in [-0.3, -0.25) is 34.5 Å². The fourth-order valence-corrected chi connectivity index (χ4v) is 9.46. The molecular weight excluding hydrogens is 789 g/mol. The van der Waals surface area contributed by atoms with Gasteiger partial charge in [-0.15, -0.1) is 5.10 Å². The number of pyridine rings is 1. The number of imide groups is 1. The number of amides is 5. The lowest BCUT2D eigenvalue weighted by Crippen LogP contribution is -2.60. The molecule has 5 aromatic rings. The Kier molecular flexibility index (Phi) is 9.43. The average molecular weight is 832 g/mol. The number of imidazole rings is 1. The molecule has 15 nitrogen and oxygen atoms in total. The molecule has 1 spiro atoms. The Morgan fingerprint density at radius 3 is 2.47 bits per heavy atom. The molecule has 1 saturated carbocycles. The van der Waals surface area contributed by atoms with Crippen molar-refractivity contribution in [1.82, 2.24) is 40.0 Å². The highest BCUT2D eigenvalue weighted by atomic mass is 35.5. The van der Waals surface area contributed by atoms with Crippen molar-refractivity contribution in [3.05, 3.63) is 94.4 Å². The van der Waals surface area contributed by atoms with E-state index in [4.69, 9.17) is 21.7 Å². The SMILES string of the molecule is CNc1cc(N2CCc3c(-c4ccc(CN5CC6(CCN(C(=O)c7ccc(N8CCC(=O)NC8=O)c(Cl)c7)CC6)C5)cn4)cccc32)nn2c(C(=O)N[C@@H]3C[C@@H]3F)cnc12. The second-order valence-corrected chi connectivity index (χ2v) is 16.9. The third kappa shape index (κ3) is 6.86. The third-order valence-corrected chi connectivity index (χ3v) is 12.9. The quantitative estimate of drug-likeness (QED) is 0.180. The van der Waals surface area contributed by atoms with Crippen LogP contribution in [-0.2, 0) is 17.8 Å². The number of alkyl halides is 1. The standard InChI is InChI=1S/C43H43ClFN11O4/c1-46-33-19-37(51-56-36(21-48-39(33)56)40(58)49-32-18-30(32)45)54-13-9-28-27(3-2-4-34(28)54)31-7-5-25(20-47-31)22-52-23-43(24-52)11-15-53(16-12-43)41(59)26-6-8-35(29(44)17-26)55-14-10-38(57)50-42(55)60/h2-8,17,19-21,30,32,46H,9-16,18,22-24H2,1H3,(H,49,58)(H,50,57,60)/t30-,32+/m0/s1. The van der Waals surface area contributed by atoms with Gasteiger partial charge in [0.25, 0.3) is 11.8 Å². The summed E-state index contributed by atoms with van der Waals surface area (Å²) in [5, 5.41) is 13.4. The summed E-state index contributed by atoms with van der Waals surface area (Å²) in [5.74, 6) is -0.127. The molecule has 4 aliphatic heterocycles. The Morgan fingerprint density at radius 2 is 1.75 bits per heavy atom. The molecule has 3 aromatic heterocycles. The number of nitrogens with one attached hydrogen (secondary N) is 3. The van der Waals surface area contributed by atoms with Crippen LogP contribution in [0.2, 0.25) is 5.02 Å². The summed E-state index contributed by atoms with van der Waals surface area (Å²) >= 11 is 6.53. The number of hydrogen-bond acceptors (Lipinski definition) is 10. The van der Waals surface area contributed by atoms with Gasteiger partial charge in [0.2, 0.25) is 5.91 Å². The first-order chi connectivity index (χ1) is 29.1. The minimum Gasteiger partial charge on any atom is -0.385 e. The molecule has 1 aliphatic carbocycles. The van der Waals surface area contributed by atoms with Crippen molar-refractivity contribution in [3.63, 3.8) is 0 Å². The molecule has 2 aromatic carbocycles. The summed E-state index contributed by atoms with van der Waals surface area (Å²) in [6, 6.07) is 16.4. The van der Waals surface area contributed by atoms with E-state index in [0.717, 1.165) is 67.1 Å². The van der Waals surface area contributed by atoms with Gasteiger partial charge in [-0.05, 0) is 66.1 Å². The van der Waals surface area contributed by atoms with E-state index < -0.39 is 24.2 Å². The first kappa shape index (κ1) is 38.1. The molecule has 17 heteroatoms. The Hall–Kier alpha value is -6.13. The fraction of sp³-hybridized carbons (Fsp3) is 0.372. The molecule has 3 N–H and O–H groups in total. The molecular formula is C43H43ClFN11O4. The first-order valence-corrected chi connectivity index (χ1v) is 20.7. The number of aromatic nitrogens is 4. The van der Waals surface area contributed by atoms with Gasteiger partial charge in [-0.1, -0.05) is 29.8 Å². The lowest BCUT2D eigenvalue weighted by Gasteiger charge is -2.54. The van der Waals surface area contributed by atoms with Crippen molar-refractivity contribution in [2.75, 3.05) is 61.4 Å². The number of nitrogens with zero attached hydrogens (tertiary/aromatic N) is 8. The average Bonchev–Trinajstić information content (AvgIpc) is 3.55. The zero-order valence-electron chi connectivity index (χ0n) is 33.0. The summed E-state index contributed by atoms with van der Waals surface area (Å²) in [6.45, 7) is 5.02. The van der Waals surface area contributed by atoms with Crippen molar-refractivity contribution in [2.24, 2.45) is 5.41 Å². The maximum Gasteiger partial charge on any atom is 0.328 e. The number of rotatable bonds is 9. The van der Waals surface area contributed by atoms with Gasteiger partial charge in [0.15, 0.2) is 17.2 Å². The van der Waals surface area contributed by atoms with Gasteiger partial charge in [-0.25, -0.2) is 18.7 Å². The minimum absolute atomic E-state index is 0.0749. The van der Waals surface area contributed by atoms with E-state index in [0.29, 0.717) is 53.8 Å². The van der Waals surface area contributed by atoms with E-state index in [-0.39, 0.29) is 35.9 Å². The summed E-state index contributed by atoms with van der Waals surface area (Å²) in [6.07, 6.45) is 5.60. The zero-order chi connectivity index (χ0) is 41.3. The minimum atomic E-state index is -1.01. The molecule has 7 heterocycles. The summed E-state index contributed by atoms with van der Waals surface area (Å²) < 4.78 is 15.1. The van der Waals surface area contributed by atoms with E-state index in [1.807, 2.05) is 23.2 Å². The van der Waals surface area contributed by atoms with Crippen LogP contribution >= 0.6 is 11.6 Å². The normalized spacial score (nSPS) is 20.9. The number of carbonyl (C=O) groups is 4. The highest BCUT2D eigenvalue weighted by Gasteiger charge is 2.45. The summed E-state index contributed by atoms with van der Waals surface area (Å²) in [5.41, 5.74) is 7.96. The number of carbonyl (C=O) groups excluding carboxylic acids is 4. The molecule has 4 fully saturated rings. The highest BCUT2D eigenvalue weighted by Crippen LogP contribution is 2.43. The van der Waals surface area contributed by atoms with Gasteiger partial charge < -0.3 is 20.4 Å². The molecule has 5 amide bonds. The van der Waals surface area contributed by atoms with E-state index >= 15 is 0 Å². The molecule has 0 bridgehead atoms. The summed E-state index contributed by atoms with van der Waals surface area (Å²) in [7, 11) is 1.80. The number of anilines is 4. The molecule has 308 valence electrons. The van der Waals surface area contributed by atoms with Crippen LogP contribution < -0.4 is 25.8 Å². The van der Waals surface area contributed by atoms with E-state index in [9.17, 15) is 23.6 Å². The molecule has 3 saturated heterocycles. The maximum absolute atomic E-state index is 13.6. The van der Waals surface area contributed by atoms with Gasteiger partial charge in [0, 0.05) is 94.8 Å². The largest absolute Gasteiger partial charge is 0.385 e. The number of fused-ring (bicyclic) bond motifs is 2. The Labute approximate surface area is 349 Å². The summed E-state index contributed by atoms with van der Waals surface area (Å²) in [4.78, 5) is 67.6. The van der Waals surface area contributed by atoms with Crippen LogP contribution in [0.25, 0.3) is 16.9 Å². The number of urea groups is 1. The van der Waals surface area contributed by atoms with Gasteiger partial charge in [-0.2, -0.15) is 0 Å². The predicted molar refractivity (Wildman–Crippen MR) is 223 cm³/mol. The monoisotopic (exact) mass is 831 g/mol. The van der Waals surface area contributed by atoms with Gasteiger partial charge in [0.1, 0.15) is 6.17 Å². The molecule has 10 rings (SSSR count). The molecule has 60 heavy (non-hydrogen) atoms. The second-order valence-electron chi connectivity index (χ2n) is 16.5. The number of benzene rings is 2. The Balaban J connectivity index is 0.759. The Morgan fingerprint density at radius 1 is 0.950 bits per heavy atom. The van der Waals surface area contributed by atoms with Crippen molar-refractivity contribution in [3.8, 4) is 11.3 Å². The van der Waals surface area contributed by atoms with Crippen molar-refractivity contribution in [1.29, 1.82) is 0 Å². The zero-order valence-corrected chi connectivity index (χ0v) is 33.7. The van der Waals surface area contributed by atoms with Crippen molar-refractivity contribution in [2.45, 2.75) is 50.9 Å². The predicted octanol–water partition coefficient (Wildman–Crippen LogP) is 5.21. The van der Waals surface area contributed by atoms with Crippen LogP contribution in [0.3, 0.4) is 0 Å². The van der Waals surface area contributed by atoms with Crippen molar-refractivity contribution < 1.29 is 23.6 Å². The van der Waals surface area contributed by atoms with Gasteiger partial charge in [0.05, 0.1) is 34.3 Å². The van der Waals surface area contributed by atoms with E-state index in [2.05, 4.69) is 55.0 Å². The molecule has 0 unspecified atom stereocenters. The van der Waals surface area contributed by atoms with Crippen LogP contribution in [0.5, 0.6) is 0 Å². The fourth-order valence-electron chi connectivity index (χ4n) is 9.18. The number of halogens is 2. The van der Waals surface area contributed by atoms with E-state index in [1.165, 1.54) is 21.2 Å². The topological polar surface area (TPSA) is 160 Å². The van der Waals surface area contributed by atoms with Crippen LogP contribution in [0, 0.1) is 5.41 Å². The smallest absolute Gasteiger partial charge is 0.328 e. The molecule has 0 radical (unpaired) electrons. The number of hydrogen-bond donors (Lipinski definition) is 3. The van der Waals surface area contributed by atoms with E-state index in [1.54, 1.807) is 25.2 Å². The van der Waals surface area contributed by atoms with Crippen LogP contribution in [0.15, 0.2) is 67.0 Å². The van der Waals surface area contributed by atoms with Crippen LogP contribution in [0.4, 0.5) is 32.1 Å². The molecule has 5 aliphatic rings. The second kappa shape index (κ2) is 14.9. The maximum atomic E-state index is 13.6. The van der Waals surface area contributed by atoms with Crippen LogP contribution in [0.1, 0.15) is 57.7 Å². The highest BCUT2D eigenvalue weighted by molar-refractivity contribution is 6.34. The van der Waals surface area contributed by atoms with Gasteiger partial charge >= 0.3 is 6.03 Å². The lowest BCUT2D eigenvalue weighted by molar-refractivity contribution is -0.120. The Bertz CT molecular complexity index is 2570. The molecule has 2 atom stereocenters.